The summed E-state index contributed by atoms with van der Waals surface area (Å²) in [6.07, 6.45) is 0. The average Bonchev–Trinajstić information content (AvgIpc) is 3.11. The first-order valence-electron chi connectivity index (χ1n) is 10.5. The maximum Gasteiger partial charge on any atom is 0.260 e. The van der Waals surface area contributed by atoms with Gasteiger partial charge >= 0.3 is 0 Å². The van der Waals surface area contributed by atoms with Gasteiger partial charge in [0.05, 0.1) is 11.1 Å². The lowest BCUT2D eigenvalue weighted by molar-refractivity contribution is 0.393. The van der Waals surface area contributed by atoms with Crippen molar-refractivity contribution in [2.75, 3.05) is 0 Å². The molecule has 6 rings (SSSR count). The summed E-state index contributed by atoms with van der Waals surface area (Å²) in [4.78, 5) is 14.0. The lowest BCUT2D eigenvalue weighted by Gasteiger charge is -2.26. The number of benzene rings is 3. The molecular formula is C27H22N2O. The van der Waals surface area contributed by atoms with E-state index in [1.807, 2.05) is 41.0 Å². The van der Waals surface area contributed by atoms with E-state index in [4.69, 9.17) is 0 Å². The minimum absolute atomic E-state index is 0.100. The molecule has 0 radical (unpaired) electrons. The minimum Gasteiger partial charge on any atom is -0.326 e. The summed E-state index contributed by atoms with van der Waals surface area (Å²) in [5, 5.41) is 2.40. The van der Waals surface area contributed by atoms with Crippen LogP contribution in [-0.2, 0) is 13.1 Å². The lowest BCUT2D eigenvalue weighted by atomic mass is 9.92. The first-order chi connectivity index (χ1) is 14.7. The second-order valence-corrected chi connectivity index (χ2v) is 8.33. The van der Waals surface area contributed by atoms with Crippen LogP contribution in [0, 0.1) is 5.92 Å². The van der Waals surface area contributed by atoms with Gasteiger partial charge in [0.2, 0.25) is 0 Å². The summed E-state index contributed by atoms with van der Waals surface area (Å²) in [5.41, 5.74) is 6.26. The van der Waals surface area contributed by atoms with Crippen molar-refractivity contribution in [3.63, 3.8) is 0 Å². The maximum atomic E-state index is 14.0. The summed E-state index contributed by atoms with van der Waals surface area (Å²) in [5.74, 6) is 0.403. The number of aromatic nitrogens is 2. The van der Waals surface area contributed by atoms with Crippen LogP contribution in [-0.4, -0.2) is 9.13 Å². The predicted molar refractivity (Wildman–Crippen MR) is 124 cm³/mol. The van der Waals surface area contributed by atoms with Gasteiger partial charge in [-0.05, 0) is 23.1 Å². The second kappa shape index (κ2) is 6.46. The molecule has 3 nitrogen and oxygen atoms in total. The molecule has 0 aliphatic carbocycles. The van der Waals surface area contributed by atoms with E-state index in [-0.39, 0.29) is 5.56 Å². The molecule has 1 aliphatic heterocycles. The number of pyridine rings is 1. The van der Waals surface area contributed by atoms with E-state index in [9.17, 15) is 4.79 Å². The Morgan fingerprint density at radius 2 is 1.27 bits per heavy atom. The Hall–Kier alpha value is -3.59. The molecule has 0 spiro atoms. The Bertz CT molecular complexity index is 1460. The highest BCUT2D eigenvalue weighted by molar-refractivity contribution is 6.16. The Morgan fingerprint density at radius 3 is 1.97 bits per heavy atom. The zero-order chi connectivity index (χ0) is 20.2. The SMILES string of the molecule is C[C@H]1Cn2c(=O)c(-c3ccccc3)c(-c3ccccc3)c3c4ccccc4n(c32)C1. The van der Waals surface area contributed by atoms with Crippen LogP contribution in [0.1, 0.15) is 6.92 Å². The molecule has 3 heterocycles. The molecule has 0 fully saturated rings. The first-order valence-corrected chi connectivity index (χ1v) is 10.5. The molecule has 0 N–H and O–H groups in total. The van der Waals surface area contributed by atoms with Gasteiger partial charge < -0.3 is 4.57 Å². The topological polar surface area (TPSA) is 26.9 Å². The Balaban J connectivity index is 1.91. The summed E-state index contributed by atoms with van der Waals surface area (Å²) < 4.78 is 4.36. The van der Waals surface area contributed by atoms with Crippen LogP contribution in [0.5, 0.6) is 0 Å². The van der Waals surface area contributed by atoms with E-state index >= 15 is 0 Å². The van der Waals surface area contributed by atoms with Crippen LogP contribution in [0.2, 0.25) is 0 Å². The van der Waals surface area contributed by atoms with Crippen molar-refractivity contribution in [1.29, 1.82) is 0 Å². The molecule has 1 aliphatic rings. The third kappa shape index (κ3) is 2.35. The van der Waals surface area contributed by atoms with Crippen molar-refractivity contribution in [3.05, 3.63) is 95.3 Å². The monoisotopic (exact) mass is 390 g/mol. The summed E-state index contributed by atoms with van der Waals surface area (Å²) in [6.45, 7) is 3.91. The largest absolute Gasteiger partial charge is 0.326 e. The van der Waals surface area contributed by atoms with Crippen molar-refractivity contribution in [1.82, 2.24) is 9.13 Å². The Morgan fingerprint density at radius 1 is 0.700 bits per heavy atom. The smallest absolute Gasteiger partial charge is 0.260 e. The molecule has 146 valence electrons. The van der Waals surface area contributed by atoms with E-state index in [0.717, 1.165) is 41.0 Å². The highest BCUT2D eigenvalue weighted by Crippen LogP contribution is 2.42. The van der Waals surface area contributed by atoms with Crippen molar-refractivity contribution < 1.29 is 0 Å². The third-order valence-corrected chi connectivity index (χ3v) is 6.27. The fourth-order valence-electron chi connectivity index (χ4n) is 5.08. The van der Waals surface area contributed by atoms with Gasteiger partial charge in [-0.15, -0.1) is 0 Å². The van der Waals surface area contributed by atoms with Crippen LogP contribution in [0.15, 0.2) is 89.7 Å². The molecule has 0 saturated heterocycles. The van der Waals surface area contributed by atoms with Crippen molar-refractivity contribution in [2.24, 2.45) is 5.92 Å². The van der Waals surface area contributed by atoms with E-state index in [1.54, 1.807) is 0 Å². The highest BCUT2D eigenvalue weighted by atomic mass is 16.1. The zero-order valence-electron chi connectivity index (χ0n) is 16.9. The van der Waals surface area contributed by atoms with E-state index < -0.39 is 0 Å². The number of hydrogen-bond donors (Lipinski definition) is 0. The molecule has 0 amide bonds. The van der Waals surface area contributed by atoms with Crippen LogP contribution < -0.4 is 5.56 Å². The van der Waals surface area contributed by atoms with E-state index in [2.05, 4.69) is 60.0 Å². The molecular weight excluding hydrogens is 368 g/mol. The Kier molecular flexibility index (Phi) is 3.72. The average molecular weight is 390 g/mol. The van der Waals surface area contributed by atoms with Crippen LogP contribution in [0.3, 0.4) is 0 Å². The standard InChI is InChI=1S/C27H22N2O/c1-18-16-28-22-15-9-8-14-21(22)25-23(19-10-4-2-5-11-19)24(20-12-6-3-7-13-20)27(30)29(17-18)26(25)28/h2-15,18H,16-17H2,1H3/t18-/m1/s1. The summed E-state index contributed by atoms with van der Waals surface area (Å²) in [7, 11) is 0. The van der Waals surface area contributed by atoms with Gasteiger partial charge in [0, 0.05) is 29.4 Å². The molecule has 0 bridgehead atoms. The Labute approximate surface area is 174 Å². The number of nitrogens with zero attached hydrogens (tertiary/aromatic N) is 2. The molecule has 0 saturated carbocycles. The normalized spacial score (nSPS) is 15.7. The zero-order valence-corrected chi connectivity index (χ0v) is 16.9. The van der Waals surface area contributed by atoms with Gasteiger partial charge in [0.1, 0.15) is 5.65 Å². The number of fused-ring (bicyclic) bond motifs is 3. The van der Waals surface area contributed by atoms with Gasteiger partial charge in [-0.25, -0.2) is 0 Å². The first kappa shape index (κ1) is 17.3. The third-order valence-electron chi connectivity index (χ3n) is 6.27. The van der Waals surface area contributed by atoms with Crippen molar-refractivity contribution in [2.45, 2.75) is 20.0 Å². The van der Waals surface area contributed by atoms with Gasteiger partial charge in [-0.1, -0.05) is 85.8 Å². The summed E-state index contributed by atoms with van der Waals surface area (Å²) >= 11 is 0. The molecule has 2 aromatic heterocycles. The van der Waals surface area contributed by atoms with Crippen molar-refractivity contribution in [3.8, 4) is 22.3 Å². The van der Waals surface area contributed by atoms with Gasteiger partial charge in [0.15, 0.2) is 0 Å². The molecule has 3 aromatic carbocycles. The number of rotatable bonds is 2. The molecule has 0 unspecified atom stereocenters. The van der Waals surface area contributed by atoms with E-state index in [0.29, 0.717) is 5.92 Å². The van der Waals surface area contributed by atoms with Gasteiger partial charge in [-0.2, -0.15) is 0 Å². The fraction of sp³-hybridized carbons (Fsp3) is 0.148. The predicted octanol–water partition coefficient (Wildman–Crippen LogP) is 5.94. The number of hydrogen-bond acceptors (Lipinski definition) is 1. The number of para-hydroxylation sites is 1. The highest BCUT2D eigenvalue weighted by Gasteiger charge is 2.28. The quantitative estimate of drug-likeness (QED) is 0.366. The second-order valence-electron chi connectivity index (χ2n) is 8.33. The molecule has 3 heteroatoms. The van der Waals surface area contributed by atoms with Gasteiger partial charge in [-0.3, -0.25) is 9.36 Å². The van der Waals surface area contributed by atoms with E-state index in [1.165, 1.54) is 16.3 Å². The maximum absolute atomic E-state index is 14.0. The minimum atomic E-state index is 0.100. The lowest BCUT2D eigenvalue weighted by Crippen LogP contribution is -2.32. The molecule has 1 atom stereocenters. The van der Waals surface area contributed by atoms with Crippen molar-refractivity contribution >= 4 is 21.9 Å². The van der Waals surface area contributed by atoms with Gasteiger partial charge in [0.25, 0.3) is 5.56 Å². The molecule has 5 aromatic rings. The van der Waals surface area contributed by atoms with Crippen LogP contribution in [0.4, 0.5) is 0 Å². The van der Waals surface area contributed by atoms with Crippen LogP contribution in [0.25, 0.3) is 44.2 Å². The summed E-state index contributed by atoms with van der Waals surface area (Å²) in [6, 6.07) is 29.0. The fourth-order valence-corrected chi connectivity index (χ4v) is 5.08. The molecule has 30 heavy (non-hydrogen) atoms. The van der Waals surface area contributed by atoms with Crippen LogP contribution >= 0.6 is 0 Å².